The summed E-state index contributed by atoms with van der Waals surface area (Å²) in [4.78, 5) is 27.6. The van der Waals surface area contributed by atoms with Crippen LogP contribution in [0.3, 0.4) is 0 Å². The number of carbonyl (C=O) groups is 2. The first-order valence-electron chi connectivity index (χ1n) is 11.6. The number of methoxy groups -OCH3 is 2. The summed E-state index contributed by atoms with van der Waals surface area (Å²) < 4.78 is 38.7. The maximum absolute atomic E-state index is 13.3. The maximum atomic E-state index is 13.3. The summed E-state index contributed by atoms with van der Waals surface area (Å²) in [5.41, 5.74) is 0.933. The van der Waals surface area contributed by atoms with Gasteiger partial charge in [-0.2, -0.15) is 0 Å². The molecule has 0 unspecified atom stereocenters. The molecule has 0 saturated carbocycles. The van der Waals surface area contributed by atoms with E-state index in [9.17, 15) is 18.0 Å². The molecular weight excluding hydrogens is 482 g/mol. The van der Waals surface area contributed by atoms with Crippen LogP contribution in [0, 0.1) is 0 Å². The monoisotopic (exact) mass is 515 g/mol. The van der Waals surface area contributed by atoms with Crippen molar-refractivity contribution in [3.63, 3.8) is 0 Å². The molecule has 1 aromatic heterocycles. The molecular formula is C26H33N3O6S. The molecule has 0 saturated heterocycles. The molecule has 3 rings (SSSR count). The van der Waals surface area contributed by atoms with E-state index in [1.807, 2.05) is 27.7 Å². The van der Waals surface area contributed by atoms with Gasteiger partial charge in [-0.3, -0.25) is 9.59 Å². The average molecular weight is 516 g/mol. The Hall–Kier alpha value is -3.53. The Morgan fingerprint density at radius 1 is 1.00 bits per heavy atom. The standard InChI is InChI=1S/C26H33N3O6S/c1-17(2)29(18(3)4)26(31)15-28-14-24(20-9-7-8-10-22(20)28)36(32,33)16-25(30)27-21-12-11-19(34-5)13-23(21)35-6/h7-14,17-18H,15-16H2,1-6H3,(H,27,30). The summed E-state index contributed by atoms with van der Waals surface area (Å²) in [5.74, 6) is -0.719. The van der Waals surface area contributed by atoms with Gasteiger partial charge in [0.1, 0.15) is 23.8 Å². The quantitative estimate of drug-likeness (QED) is 0.441. The van der Waals surface area contributed by atoms with Gasteiger partial charge in [-0.15, -0.1) is 0 Å². The van der Waals surface area contributed by atoms with Gasteiger partial charge in [-0.25, -0.2) is 8.42 Å². The number of aromatic nitrogens is 1. The normalized spacial score (nSPS) is 11.7. The van der Waals surface area contributed by atoms with Crippen molar-refractivity contribution in [3.05, 3.63) is 48.7 Å². The Morgan fingerprint density at radius 3 is 2.28 bits per heavy atom. The Morgan fingerprint density at radius 2 is 1.67 bits per heavy atom. The van der Waals surface area contributed by atoms with Gasteiger partial charge in [-0.1, -0.05) is 18.2 Å². The molecule has 0 spiro atoms. The molecule has 0 radical (unpaired) electrons. The SMILES string of the molecule is COc1ccc(NC(=O)CS(=O)(=O)c2cn(CC(=O)N(C(C)C)C(C)C)c3ccccc23)c(OC)c1. The van der Waals surface area contributed by atoms with E-state index >= 15 is 0 Å². The molecule has 1 N–H and O–H groups in total. The van der Waals surface area contributed by atoms with E-state index in [1.54, 1.807) is 51.9 Å². The molecule has 0 bridgehead atoms. The molecule has 0 fully saturated rings. The van der Waals surface area contributed by atoms with Gasteiger partial charge in [-0.05, 0) is 45.9 Å². The highest BCUT2D eigenvalue weighted by atomic mass is 32.2. The lowest BCUT2D eigenvalue weighted by Gasteiger charge is -2.31. The van der Waals surface area contributed by atoms with Crippen LogP contribution in [0.15, 0.2) is 53.6 Å². The minimum atomic E-state index is -4.03. The lowest BCUT2D eigenvalue weighted by molar-refractivity contribution is -0.135. The summed E-state index contributed by atoms with van der Waals surface area (Å²) in [7, 11) is -1.08. The van der Waals surface area contributed by atoms with Crippen LogP contribution in [0.4, 0.5) is 5.69 Å². The van der Waals surface area contributed by atoms with Crippen LogP contribution in [-0.4, -0.2) is 61.8 Å². The lowest BCUT2D eigenvalue weighted by atomic mass is 10.2. The van der Waals surface area contributed by atoms with Crippen LogP contribution < -0.4 is 14.8 Å². The van der Waals surface area contributed by atoms with Gasteiger partial charge in [0, 0.05) is 35.2 Å². The molecule has 1 heterocycles. The number of amides is 2. The zero-order chi connectivity index (χ0) is 26.6. The van der Waals surface area contributed by atoms with Gasteiger partial charge in [0.15, 0.2) is 9.84 Å². The van der Waals surface area contributed by atoms with Crippen molar-refractivity contribution >= 4 is 38.2 Å². The van der Waals surface area contributed by atoms with Gasteiger partial charge in [0.05, 0.1) is 24.8 Å². The molecule has 9 nitrogen and oxygen atoms in total. The fourth-order valence-corrected chi connectivity index (χ4v) is 5.70. The van der Waals surface area contributed by atoms with Gasteiger partial charge < -0.3 is 24.3 Å². The Kier molecular flexibility index (Phi) is 8.29. The van der Waals surface area contributed by atoms with Crippen molar-refractivity contribution in [1.29, 1.82) is 0 Å². The van der Waals surface area contributed by atoms with Crippen molar-refractivity contribution < 1.29 is 27.5 Å². The number of carbonyl (C=O) groups excluding carboxylic acids is 2. The van der Waals surface area contributed by atoms with Crippen LogP contribution in [0.25, 0.3) is 10.9 Å². The summed E-state index contributed by atoms with van der Waals surface area (Å²) in [6.07, 6.45) is 1.44. The molecule has 36 heavy (non-hydrogen) atoms. The number of anilines is 1. The van der Waals surface area contributed by atoms with Crippen LogP contribution in [0.1, 0.15) is 27.7 Å². The maximum Gasteiger partial charge on any atom is 0.242 e. The molecule has 0 atom stereocenters. The minimum absolute atomic E-state index is 0.00108. The number of benzene rings is 2. The Bertz CT molecular complexity index is 1350. The second kappa shape index (κ2) is 11.0. The summed E-state index contributed by atoms with van der Waals surface area (Å²) in [6.45, 7) is 7.76. The summed E-state index contributed by atoms with van der Waals surface area (Å²) in [6, 6.07) is 11.8. The van der Waals surface area contributed by atoms with E-state index < -0.39 is 21.5 Å². The van der Waals surface area contributed by atoms with E-state index in [4.69, 9.17) is 9.47 Å². The first kappa shape index (κ1) is 27.1. The minimum Gasteiger partial charge on any atom is -0.497 e. The number of fused-ring (bicyclic) bond motifs is 1. The van der Waals surface area contributed by atoms with E-state index in [2.05, 4.69) is 5.32 Å². The third-order valence-electron chi connectivity index (χ3n) is 5.80. The zero-order valence-electron chi connectivity index (χ0n) is 21.4. The third kappa shape index (κ3) is 5.81. The molecule has 3 aromatic rings. The summed E-state index contributed by atoms with van der Waals surface area (Å²) >= 11 is 0. The predicted molar refractivity (Wildman–Crippen MR) is 139 cm³/mol. The molecule has 2 amide bonds. The average Bonchev–Trinajstić information content (AvgIpc) is 3.17. The summed E-state index contributed by atoms with van der Waals surface area (Å²) in [5, 5.41) is 3.06. The largest absolute Gasteiger partial charge is 0.497 e. The van der Waals surface area contributed by atoms with E-state index in [1.165, 1.54) is 20.4 Å². The highest BCUT2D eigenvalue weighted by Crippen LogP contribution is 2.30. The highest BCUT2D eigenvalue weighted by molar-refractivity contribution is 7.92. The zero-order valence-corrected chi connectivity index (χ0v) is 22.3. The van der Waals surface area contributed by atoms with Gasteiger partial charge >= 0.3 is 0 Å². The third-order valence-corrected chi connectivity index (χ3v) is 7.43. The van der Waals surface area contributed by atoms with Gasteiger partial charge in [0.25, 0.3) is 0 Å². The highest BCUT2D eigenvalue weighted by Gasteiger charge is 2.27. The van der Waals surface area contributed by atoms with Crippen LogP contribution in [-0.2, 0) is 26.0 Å². The van der Waals surface area contributed by atoms with E-state index in [0.717, 1.165) is 0 Å². The fourth-order valence-electron chi connectivity index (χ4n) is 4.33. The topological polar surface area (TPSA) is 107 Å². The molecule has 0 aliphatic carbocycles. The molecule has 10 heteroatoms. The number of hydrogen-bond donors (Lipinski definition) is 1. The number of ether oxygens (including phenoxy) is 2. The van der Waals surface area contributed by atoms with Crippen molar-refractivity contribution in [1.82, 2.24) is 9.47 Å². The Balaban J connectivity index is 1.89. The number of nitrogens with zero attached hydrogens (tertiary/aromatic N) is 2. The van der Waals surface area contributed by atoms with Crippen LogP contribution >= 0.6 is 0 Å². The first-order chi connectivity index (χ1) is 17.0. The second-order valence-corrected chi connectivity index (χ2v) is 11.0. The first-order valence-corrected chi connectivity index (χ1v) is 13.3. The predicted octanol–water partition coefficient (Wildman–Crippen LogP) is 3.72. The van der Waals surface area contributed by atoms with Crippen LogP contribution in [0.5, 0.6) is 11.5 Å². The van der Waals surface area contributed by atoms with E-state index in [0.29, 0.717) is 28.1 Å². The molecule has 0 aliphatic heterocycles. The number of hydrogen-bond acceptors (Lipinski definition) is 6. The van der Waals surface area contributed by atoms with Gasteiger partial charge in [0.2, 0.25) is 11.8 Å². The van der Waals surface area contributed by atoms with Crippen molar-refractivity contribution in [2.45, 2.75) is 51.2 Å². The number of sulfone groups is 1. The number of para-hydroxylation sites is 1. The van der Waals surface area contributed by atoms with Crippen molar-refractivity contribution in [2.75, 3.05) is 25.3 Å². The molecule has 194 valence electrons. The molecule has 2 aromatic carbocycles. The second-order valence-electron chi connectivity index (χ2n) is 9.00. The lowest BCUT2D eigenvalue weighted by Crippen LogP contribution is -2.43. The van der Waals surface area contributed by atoms with Crippen LogP contribution in [0.2, 0.25) is 0 Å². The van der Waals surface area contributed by atoms with Crippen molar-refractivity contribution in [3.8, 4) is 11.5 Å². The van der Waals surface area contributed by atoms with Crippen molar-refractivity contribution in [2.24, 2.45) is 0 Å². The number of nitrogens with one attached hydrogen (secondary N) is 1. The van der Waals surface area contributed by atoms with E-state index in [-0.39, 0.29) is 29.4 Å². The number of rotatable bonds is 10. The fraction of sp³-hybridized carbons (Fsp3) is 0.385. The smallest absolute Gasteiger partial charge is 0.242 e. The Labute approximate surface area is 211 Å². The molecule has 0 aliphatic rings.